The van der Waals surface area contributed by atoms with E-state index in [9.17, 15) is 18.0 Å². The summed E-state index contributed by atoms with van der Waals surface area (Å²) in [5, 5.41) is 0. The average molecular weight is 468 g/mol. The summed E-state index contributed by atoms with van der Waals surface area (Å²) in [6.07, 6.45) is 4.09. The first-order valence-corrected chi connectivity index (χ1v) is 12.5. The molecule has 0 bridgehead atoms. The highest BCUT2D eigenvalue weighted by atomic mass is 32.2. The summed E-state index contributed by atoms with van der Waals surface area (Å²) < 4.78 is 39.3. The lowest BCUT2D eigenvalue weighted by atomic mass is 10.1. The molecule has 0 spiro atoms. The third-order valence-electron chi connectivity index (χ3n) is 6.08. The Hall–Kier alpha value is -2.17. The van der Waals surface area contributed by atoms with Crippen LogP contribution in [0.4, 0.5) is 0 Å². The number of ether oxygens (including phenoxy) is 2. The lowest BCUT2D eigenvalue weighted by Crippen LogP contribution is -2.54. The van der Waals surface area contributed by atoms with E-state index >= 15 is 0 Å². The number of Topliss-reactive ketones (excluding diaryl/α,β-unsaturated/α-hetero) is 1. The van der Waals surface area contributed by atoms with Crippen molar-refractivity contribution in [3.05, 3.63) is 23.8 Å². The zero-order chi connectivity index (χ0) is 23.1. The van der Waals surface area contributed by atoms with Gasteiger partial charge in [0.2, 0.25) is 5.91 Å². The molecule has 32 heavy (non-hydrogen) atoms. The lowest BCUT2D eigenvalue weighted by Gasteiger charge is -2.36. The normalized spacial score (nSPS) is 18.8. The van der Waals surface area contributed by atoms with Gasteiger partial charge in [0, 0.05) is 57.7 Å². The second kappa shape index (κ2) is 11.1. The summed E-state index contributed by atoms with van der Waals surface area (Å²) in [4.78, 5) is 26.8. The smallest absolute Gasteiger partial charge is 0.282 e. The van der Waals surface area contributed by atoms with E-state index in [2.05, 4.69) is 0 Å². The Morgan fingerprint density at radius 1 is 0.812 bits per heavy atom. The fraction of sp³-hybridized carbons (Fsp3) is 0.636. The minimum Gasteiger partial charge on any atom is -0.493 e. The van der Waals surface area contributed by atoms with E-state index in [1.54, 1.807) is 27.4 Å². The lowest BCUT2D eigenvalue weighted by molar-refractivity contribution is -0.132. The van der Waals surface area contributed by atoms with Crippen LogP contribution in [0.3, 0.4) is 0 Å². The maximum Gasteiger partial charge on any atom is 0.282 e. The van der Waals surface area contributed by atoms with Gasteiger partial charge in [-0.3, -0.25) is 9.59 Å². The van der Waals surface area contributed by atoms with E-state index in [4.69, 9.17) is 9.47 Å². The second-order valence-electron chi connectivity index (χ2n) is 8.09. The van der Waals surface area contributed by atoms with Crippen molar-refractivity contribution in [3.63, 3.8) is 0 Å². The molecule has 0 saturated carbocycles. The summed E-state index contributed by atoms with van der Waals surface area (Å²) in [6, 6.07) is 4.93. The van der Waals surface area contributed by atoms with Crippen LogP contribution in [-0.4, -0.2) is 87.1 Å². The molecule has 2 aliphatic rings. The van der Waals surface area contributed by atoms with Crippen molar-refractivity contribution >= 4 is 21.9 Å². The van der Waals surface area contributed by atoms with Gasteiger partial charge in [-0.15, -0.1) is 0 Å². The zero-order valence-corrected chi connectivity index (χ0v) is 19.7. The average Bonchev–Trinajstić information content (AvgIpc) is 3.12. The van der Waals surface area contributed by atoms with Gasteiger partial charge in [0.1, 0.15) is 0 Å². The van der Waals surface area contributed by atoms with E-state index in [1.807, 2.05) is 0 Å². The highest BCUT2D eigenvalue weighted by molar-refractivity contribution is 7.86. The van der Waals surface area contributed by atoms with Crippen LogP contribution < -0.4 is 9.47 Å². The van der Waals surface area contributed by atoms with Crippen LogP contribution in [0.1, 0.15) is 48.9 Å². The van der Waals surface area contributed by atoms with Crippen LogP contribution in [0.25, 0.3) is 0 Å². The van der Waals surface area contributed by atoms with Gasteiger partial charge in [-0.2, -0.15) is 17.0 Å². The molecule has 2 fully saturated rings. The van der Waals surface area contributed by atoms with Crippen molar-refractivity contribution in [2.24, 2.45) is 0 Å². The van der Waals surface area contributed by atoms with Gasteiger partial charge < -0.3 is 14.4 Å². The van der Waals surface area contributed by atoms with Crippen molar-refractivity contribution in [3.8, 4) is 11.5 Å². The van der Waals surface area contributed by atoms with Crippen molar-refractivity contribution in [2.45, 2.75) is 38.5 Å². The molecule has 1 aromatic carbocycles. The van der Waals surface area contributed by atoms with Gasteiger partial charge in [0.05, 0.1) is 14.2 Å². The fourth-order valence-electron chi connectivity index (χ4n) is 4.14. The SMILES string of the molecule is COc1ccc(C(=O)CCC(=O)N2CCN(S(=O)(=O)N3CCCCCC3)CC2)cc1OC. The minimum absolute atomic E-state index is 0.0839. The molecule has 2 heterocycles. The molecule has 9 nitrogen and oxygen atoms in total. The van der Waals surface area contributed by atoms with Crippen LogP contribution in [0.15, 0.2) is 18.2 Å². The number of ketones is 1. The molecule has 1 aromatic rings. The Kier molecular flexibility index (Phi) is 8.50. The standard InChI is InChI=1S/C22H33N3O6S/c1-30-20-9-7-18(17-21(20)31-2)19(26)8-10-22(27)23-13-15-25(16-14-23)32(28,29)24-11-5-3-4-6-12-24/h7,9,17H,3-6,8,10-16H2,1-2H3. The number of nitrogens with zero attached hydrogens (tertiary/aromatic N) is 3. The Morgan fingerprint density at radius 2 is 1.41 bits per heavy atom. The Bertz CT molecular complexity index is 904. The number of hydrogen-bond acceptors (Lipinski definition) is 6. The van der Waals surface area contributed by atoms with E-state index in [-0.39, 0.29) is 37.6 Å². The van der Waals surface area contributed by atoms with E-state index in [0.29, 0.717) is 43.2 Å². The van der Waals surface area contributed by atoms with Crippen LogP contribution in [0, 0.1) is 0 Å². The molecule has 1 amide bonds. The fourth-order valence-corrected chi connectivity index (χ4v) is 5.81. The van der Waals surface area contributed by atoms with Crippen molar-refractivity contribution in [2.75, 3.05) is 53.5 Å². The van der Waals surface area contributed by atoms with Gasteiger partial charge in [-0.1, -0.05) is 12.8 Å². The van der Waals surface area contributed by atoms with Gasteiger partial charge in [-0.25, -0.2) is 0 Å². The number of carbonyl (C=O) groups excluding carboxylic acids is 2. The molecule has 10 heteroatoms. The maximum absolute atomic E-state index is 12.9. The predicted molar refractivity (Wildman–Crippen MR) is 120 cm³/mol. The van der Waals surface area contributed by atoms with Crippen molar-refractivity contribution < 1.29 is 27.5 Å². The summed E-state index contributed by atoms with van der Waals surface area (Å²) in [5.41, 5.74) is 0.462. The molecule has 178 valence electrons. The van der Waals surface area contributed by atoms with Crippen LogP contribution >= 0.6 is 0 Å². The summed E-state index contributed by atoms with van der Waals surface area (Å²) >= 11 is 0. The van der Waals surface area contributed by atoms with E-state index < -0.39 is 10.2 Å². The first kappa shape index (κ1) is 24.5. The molecule has 0 aromatic heterocycles. The van der Waals surface area contributed by atoms with E-state index in [1.165, 1.54) is 18.5 Å². The van der Waals surface area contributed by atoms with Crippen LogP contribution in [0.2, 0.25) is 0 Å². The van der Waals surface area contributed by atoms with E-state index in [0.717, 1.165) is 25.7 Å². The first-order valence-electron chi connectivity index (χ1n) is 11.1. The minimum atomic E-state index is -3.48. The maximum atomic E-state index is 12.9. The largest absolute Gasteiger partial charge is 0.493 e. The van der Waals surface area contributed by atoms with Gasteiger partial charge in [0.25, 0.3) is 10.2 Å². The molecule has 0 aliphatic carbocycles. The summed E-state index contributed by atoms with van der Waals surface area (Å²) in [5.74, 6) is 0.715. The number of piperazine rings is 1. The molecular weight excluding hydrogens is 434 g/mol. The molecule has 0 atom stereocenters. The zero-order valence-electron chi connectivity index (χ0n) is 18.9. The van der Waals surface area contributed by atoms with Crippen LogP contribution in [-0.2, 0) is 15.0 Å². The van der Waals surface area contributed by atoms with Gasteiger partial charge in [0.15, 0.2) is 17.3 Å². The van der Waals surface area contributed by atoms with Crippen molar-refractivity contribution in [1.29, 1.82) is 0 Å². The molecule has 0 unspecified atom stereocenters. The number of amides is 1. The molecule has 3 rings (SSSR count). The Labute approximate surface area is 190 Å². The Balaban J connectivity index is 1.49. The number of methoxy groups -OCH3 is 2. The number of hydrogen-bond donors (Lipinski definition) is 0. The highest BCUT2D eigenvalue weighted by Crippen LogP contribution is 2.28. The molecular formula is C22H33N3O6S. The number of rotatable bonds is 8. The molecule has 2 aliphatic heterocycles. The summed E-state index contributed by atoms with van der Waals surface area (Å²) in [6.45, 7) is 2.40. The van der Waals surface area contributed by atoms with Crippen LogP contribution in [0.5, 0.6) is 11.5 Å². The second-order valence-corrected chi connectivity index (χ2v) is 10.0. The molecule has 2 saturated heterocycles. The third-order valence-corrected chi connectivity index (χ3v) is 8.12. The quantitative estimate of drug-likeness (QED) is 0.542. The Morgan fingerprint density at radius 3 is 2.00 bits per heavy atom. The monoisotopic (exact) mass is 467 g/mol. The first-order chi connectivity index (χ1) is 15.4. The third kappa shape index (κ3) is 5.79. The van der Waals surface area contributed by atoms with Crippen molar-refractivity contribution in [1.82, 2.24) is 13.5 Å². The number of carbonyl (C=O) groups is 2. The van der Waals surface area contributed by atoms with Gasteiger partial charge in [-0.05, 0) is 31.0 Å². The molecule has 0 radical (unpaired) electrons. The summed E-state index contributed by atoms with van der Waals surface area (Å²) in [7, 11) is -0.452. The predicted octanol–water partition coefficient (Wildman–Crippen LogP) is 1.93. The van der Waals surface area contributed by atoms with Gasteiger partial charge >= 0.3 is 0 Å². The topological polar surface area (TPSA) is 96.5 Å². The highest BCUT2D eigenvalue weighted by Gasteiger charge is 2.33. The number of benzene rings is 1. The molecule has 0 N–H and O–H groups in total.